The first kappa shape index (κ1) is 21.1. The van der Waals surface area contributed by atoms with E-state index in [2.05, 4.69) is 71.6 Å². The molecule has 3 heteroatoms. The van der Waals surface area contributed by atoms with Gasteiger partial charge in [-0.25, -0.2) is 4.79 Å². The summed E-state index contributed by atoms with van der Waals surface area (Å²) in [6, 6.07) is 22.1. The van der Waals surface area contributed by atoms with Crippen LogP contribution >= 0.6 is 0 Å². The Morgan fingerprint density at radius 1 is 0.966 bits per heavy atom. The second-order valence-corrected chi connectivity index (χ2v) is 7.54. The zero-order chi connectivity index (χ0) is 20.3. The summed E-state index contributed by atoms with van der Waals surface area (Å²) in [6.07, 6.45) is 9.90. The molecule has 1 saturated carbocycles. The van der Waals surface area contributed by atoms with Crippen molar-refractivity contribution in [1.82, 2.24) is 4.90 Å². The normalized spacial score (nSPS) is 16.9. The van der Waals surface area contributed by atoms with Crippen LogP contribution in [0.5, 0.6) is 0 Å². The molecule has 0 aromatic heterocycles. The standard InChI is InChI=1S/C26H31NO2/c1-2-29-26(28)15-9-14-22-16-18-25(19-17-22)27(20-23-10-5-3-6-11-23)21-24-12-7-4-8-13-24/h3-15,25H,2,16-21H2,1H3/b15-9+,22-14?. The number of carbonyl (C=O) groups is 1. The number of allylic oxidation sites excluding steroid dienone is 3. The predicted octanol–water partition coefficient (Wildman–Crippen LogP) is 5.68. The second kappa shape index (κ2) is 11.4. The van der Waals surface area contributed by atoms with Gasteiger partial charge < -0.3 is 4.74 Å². The number of esters is 1. The average Bonchev–Trinajstić information content (AvgIpc) is 2.75. The lowest BCUT2D eigenvalue weighted by molar-refractivity contribution is -0.137. The Labute approximate surface area is 174 Å². The molecule has 0 amide bonds. The highest BCUT2D eigenvalue weighted by Crippen LogP contribution is 2.29. The first-order valence-corrected chi connectivity index (χ1v) is 10.6. The fourth-order valence-corrected chi connectivity index (χ4v) is 3.91. The predicted molar refractivity (Wildman–Crippen MR) is 118 cm³/mol. The molecule has 2 aromatic rings. The lowest BCUT2D eigenvalue weighted by Crippen LogP contribution is -2.36. The maximum absolute atomic E-state index is 11.4. The van der Waals surface area contributed by atoms with Crippen molar-refractivity contribution < 1.29 is 9.53 Å². The van der Waals surface area contributed by atoms with Crippen molar-refractivity contribution in [3.05, 3.63) is 95.6 Å². The van der Waals surface area contributed by atoms with Gasteiger partial charge in [0.05, 0.1) is 6.61 Å². The number of benzene rings is 2. The second-order valence-electron chi connectivity index (χ2n) is 7.54. The Morgan fingerprint density at radius 3 is 2.03 bits per heavy atom. The van der Waals surface area contributed by atoms with E-state index in [-0.39, 0.29) is 5.97 Å². The molecule has 0 aliphatic heterocycles. The zero-order valence-electron chi connectivity index (χ0n) is 17.3. The molecule has 0 heterocycles. The molecular weight excluding hydrogens is 358 g/mol. The third kappa shape index (κ3) is 7.03. The van der Waals surface area contributed by atoms with Crippen molar-refractivity contribution in [3.63, 3.8) is 0 Å². The van der Waals surface area contributed by atoms with Gasteiger partial charge in [0.15, 0.2) is 0 Å². The molecule has 3 rings (SSSR count). The molecule has 0 bridgehead atoms. The SMILES string of the molecule is CCOC(=O)/C=C/C=C1CCC(N(Cc2ccccc2)Cc2ccccc2)CC1. The molecule has 0 unspecified atom stereocenters. The Bertz CT molecular complexity index is 760. The van der Waals surface area contributed by atoms with Crippen LogP contribution < -0.4 is 0 Å². The maximum Gasteiger partial charge on any atom is 0.330 e. The summed E-state index contributed by atoms with van der Waals surface area (Å²) in [5.74, 6) is -0.269. The van der Waals surface area contributed by atoms with Crippen molar-refractivity contribution in [2.24, 2.45) is 0 Å². The van der Waals surface area contributed by atoms with Gasteiger partial charge in [-0.3, -0.25) is 4.90 Å². The fourth-order valence-electron chi connectivity index (χ4n) is 3.91. The summed E-state index contributed by atoms with van der Waals surface area (Å²) < 4.78 is 4.93. The van der Waals surface area contributed by atoms with Gasteiger partial charge >= 0.3 is 5.97 Å². The van der Waals surface area contributed by atoms with Crippen LogP contribution in [0.25, 0.3) is 0 Å². The molecule has 3 nitrogen and oxygen atoms in total. The summed E-state index contributed by atoms with van der Waals surface area (Å²) in [5, 5.41) is 0. The summed E-state index contributed by atoms with van der Waals surface area (Å²) >= 11 is 0. The lowest BCUT2D eigenvalue weighted by atomic mass is 9.89. The van der Waals surface area contributed by atoms with Gasteiger partial charge in [0.25, 0.3) is 0 Å². The van der Waals surface area contributed by atoms with E-state index < -0.39 is 0 Å². The third-order valence-electron chi connectivity index (χ3n) is 5.42. The van der Waals surface area contributed by atoms with Crippen molar-refractivity contribution >= 4 is 5.97 Å². The number of rotatable bonds is 8. The third-order valence-corrected chi connectivity index (χ3v) is 5.42. The Balaban J connectivity index is 1.62. The van der Waals surface area contributed by atoms with E-state index in [1.165, 1.54) is 22.8 Å². The largest absolute Gasteiger partial charge is 0.463 e. The zero-order valence-corrected chi connectivity index (χ0v) is 17.3. The summed E-state index contributed by atoms with van der Waals surface area (Å²) in [6.45, 7) is 4.19. The minimum Gasteiger partial charge on any atom is -0.463 e. The topological polar surface area (TPSA) is 29.5 Å². The first-order valence-electron chi connectivity index (χ1n) is 10.6. The van der Waals surface area contributed by atoms with Crippen LogP contribution in [0.3, 0.4) is 0 Å². The molecule has 0 saturated heterocycles. The molecule has 1 aliphatic carbocycles. The Hall–Kier alpha value is -2.65. The minimum atomic E-state index is -0.269. The van der Waals surface area contributed by atoms with E-state index in [9.17, 15) is 4.79 Å². The quantitative estimate of drug-likeness (QED) is 0.430. The van der Waals surface area contributed by atoms with E-state index in [0.717, 1.165) is 38.8 Å². The number of hydrogen-bond acceptors (Lipinski definition) is 3. The molecule has 1 fully saturated rings. The fraction of sp³-hybridized carbons (Fsp3) is 0.346. The maximum atomic E-state index is 11.4. The van der Waals surface area contributed by atoms with E-state index in [1.54, 1.807) is 0 Å². The van der Waals surface area contributed by atoms with Crippen LogP contribution in [0.4, 0.5) is 0 Å². The van der Waals surface area contributed by atoms with Gasteiger partial charge in [0.2, 0.25) is 0 Å². The van der Waals surface area contributed by atoms with Gasteiger partial charge in [-0.05, 0) is 43.7 Å². The highest BCUT2D eigenvalue weighted by atomic mass is 16.5. The summed E-state index contributed by atoms with van der Waals surface area (Å²) in [7, 11) is 0. The van der Waals surface area contributed by atoms with E-state index in [0.29, 0.717) is 12.6 Å². The molecule has 0 atom stereocenters. The van der Waals surface area contributed by atoms with Gasteiger partial charge in [0, 0.05) is 25.2 Å². The van der Waals surface area contributed by atoms with Crippen molar-refractivity contribution in [1.29, 1.82) is 0 Å². The van der Waals surface area contributed by atoms with Crippen LogP contribution in [0.1, 0.15) is 43.7 Å². The van der Waals surface area contributed by atoms with E-state index in [1.807, 2.05) is 13.0 Å². The molecular formula is C26H31NO2. The Morgan fingerprint density at radius 2 is 1.52 bits per heavy atom. The first-order chi connectivity index (χ1) is 14.2. The number of carbonyl (C=O) groups excluding carboxylic acids is 1. The van der Waals surface area contributed by atoms with Gasteiger partial charge in [0.1, 0.15) is 0 Å². The molecule has 152 valence electrons. The number of nitrogens with zero attached hydrogens (tertiary/aromatic N) is 1. The monoisotopic (exact) mass is 389 g/mol. The van der Waals surface area contributed by atoms with Crippen LogP contribution in [0, 0.1) is 0 Å². The van der Waals surface area contributed by atoms with Crippen molar-refractivity contribution in [3.8, 4) is 0 Å². The van der Waals surface area contributed by atoms with Crippen molar-refractivity contribution in [2.75, 3.05) is 6.61 Å². The highest BCUT2D eigenvalue weighted by Gasteiger charge is 2.23. The van der Waals surface area contributed by atoms with Crippen LogP contribution in [-0.4, -0.2) is 23.5 Å². The number of hydrogen-bond donors (Lipinski definition) is 0. The molecule has 0 spiro atoms. The highest BCUT2D eigenvalue weighted by molar-refractivity contribution is 5.82. The van der Waals surface area contributed by atoms with Crippen LogP contribution in [0.15, 0.2) is 84.5 Å². The van der Waals surface area contributed by atoms with Gasteiger partial charge in [-0.2, -0.15) is 0 Å². The van der Waals surface area contributed by atoms with Crippen LogP contribution in [-0.2, 0) is 22.6 Å². The summed E-state index contributed by atoms with van der Waals surface area (Å²) in [4.78, 5) is 14.0. The molecule has 29 heavy (non-hydrogen) atoms. The van der Waals surface area contributed by atoms with Gasteiger partial charge in [-0.15, -0.1) is 0 Å². The summed E-state index contributed by atoms with van der Waals surface area (Å²) in [5.41, 5.74) is 4.14. The molecule has 1 aliphatic rings. The van der Waals surface area contributed by atoms with Crippen molar-refractivity contribution in [2.45, 2.75) is 51.7 Å². The average molecular weight is 390 g/mol. The Kier molecular flexibility index (Phi) is 8.26. The smallest absolute Gasteiger partial charge is 0.330 e. The lowest BCUT2D eigenvalue weighted by Gasteiger charge is -2.35. The van der Waals surface area contributed by atoms with Crippen LogP contribution in [0.2, 0.25) is 0 Å². The number of ether oxygens (including phenoxy) is 1. The minimum absolute atomic E-state index is 0.269. The van der Waals surface area contributed by atoms with E-state index >= 15 is 0 Å². The van der Waals surface area contributed by atoms with Gasteiger partial charge in [-0.1, -0.05) is 78.4 Å². The molecule has 2 aromatic carbocycles. The molecule has 0 N–H and O–H groups in total. The van der Waals surface area contributed by atoms with E-state index in [4.69, 9.17) is 4.74 Å². The molecule has 0 radical (unpaired) electrons.